The first kappa shape index (κ1) is 16.6. The van der Waals surface area contributed by atoms with Crippen LogP contribution in [0.15, 0.2) is 48.5 Å². The largest absolute Gasteiger partial charge is 0.356 e. The molecule has 2 aromatic carbocycles. The maximum atomic E-state index is 12.2. The highest BCUT2D eigenvalue weighted by Gasteiger charge is 2.25. The van der Waals surface area contributed by atoms with Crippen LogP contribution < -0.4 is 5.32 Å². The zero-order chi connectivity index (χ0) is 18.2. The fourth-order valence-electron chi connectivity index (χ4n) is 4.69. The van der Waals surface area contributed by atoms with Crippen LogP contribution in [0.5, 0.6) is 0 Å². The summed E-state index contributed by atoms with van der Waals surface area (Å²) < 4.78 is 2.50. The number of nitrogens with zero attached hydrogens (tertiary/aromatic N) is 1. The molecule has 3 heteroatoms. The van der Waals surface area contributed by atoms with Gasteiger partial charge in [0.25, 0.3) is 0 Å². The van der Waals surface area contributed by atoms with E-state index in [1.807, 2.05) is 0 Å². The summed E-state index contributed by atoms with van der Waals surface area (Å²) in [6.45, 7) is 1.78. The zero-order valence-corrected chi connectivity index (χ0v) is 15.7. The highest BCUT2D eigenvalue weighted by Crippen LogP contribution is 2.38. The number of carbonyl (C=O) groups is 1. The summed E-state index contributed by atoms with van der Waals surface area (Å²) in [6, 6.07) is 17.6. The Bertz CT molecular complexity index is 997. The molecule has 0 radical (unpaired) electrons. The van der Waals surface area contributed by atoms with Crippen molar-refractivity contribution < 1.29 is 4.79 Å². The van der Waals surface area contributed by atoms with Crippen LogP contribution in [-0.4, -0.2) is 17.0 Å². The minimum absolute atomic E-state index is 0.247. The molecule has 3 aromatic rings. The van der Waals surface area contributed by atoms with Crippen LogP contribution in [0.25, 0.3) is 22.2 Å². The Labute approximate surface area is 160 Å². The van der Waals surface area contributed by atoms with E-state index >= 15 is 0 Å². The van der Waals surface area contributed by atoms with E-state index in [-0.39, 0.29) is 11.8 Å². The highest BCUT2D eigenvalue weighted by molar-refractivity contribution is 5.92. The van der Waals surface area contributed by atoms with Crippen LogP contribution >= 0.6 is 0 Å². The van der Waals surface area contributed by atoms with E-state index in [0.29, 0.717) is 0 Å². The minimum Gasteiger partial charge on any atom is -0.356 e. The number of aryl methyl sites for hydroxylation is 2. The van der Waals surface area contributed by atoms with Crippen molar-refractivity contribution in [2.45, 2.75) is 45.1 Å². The number of carbonyl (C=O) groups excluding carboxylic acids is 1. The van der Waals surface area contributed by atoms with Crippen LogP contribution in [-0.2, 0) is 24.2 Å². The van der Waals surface area contributed by atoms with Crippen LogP contribution in [0.2, 0.25) is 0 Å². The molecule has 138 valence electrons. The lowest BCUT2D eigenvalue weighted by Gasteiger charge is -2.24. The van der Waals surface area contributed by atoms with Gasteiger partial charge >= 0.3 is 0 Å². The Hall–Kier alpha value is -2.55. The number of amides is 1. The first-order valence-corrected chi connectivity index (χ1v) is 10.3. The van der Waals surface area contributed by atoms with Crippen molar-refractivity contribution in [1.82, 2.24) is 9.88 Å². The van der Waals surface area contributed by atoms with Gasteiger partial charge in [-0.3, -0.25) is 4.79 Å². The van der Waals surface area contributed by atoms with Gasteiger partial charge in [0.15, 0.2) is 0 Å². The standard InChI is InChI=1S/C24H26N2O/c27-24(18-8-5-9-18)25-15-14-21-20-12-3-4-13-22(20)26-16-6-10-17-7-1-2-11-19(17)23(21)26/h1-4,7,11-13,18H,5-6,8-10,14-16H2,(H,25,27). The number of benzene rings is 2. The molecule has 0 atom stereocenters. The van der Waals surface area contributed by atoms with Crippen molar-refractivity contribution in [2.75, 3.05) is 6.54 Å². The molecule has 3 nitrogen and oxygen atoms in total. The van der Waals surface area contributed by atoms with E-state index in [4.69, 9.17) is 0 Å². The smallest absolute Gasteiger partial charge is 0.223 e. The Kier molecular flexibility index (Phi) is 4.23. The molecule has 1 aromatic heterocycles. The van der Waals surface area contributed by atoms with E-state index < -0.39 is 0 Å². The van der Waals surface area contributed by atoms with Gasteiger partial charge in [-0.15, -0.1) is 0 Å². The summed E-state index contributed by atoms with van der Waals surface area (Å²) in [5, 5.41) is 4.52. The number of aromatic nitrogens is 1. The normalized spacial score (nSPS) is 16.3. The van der Waals surface area contributed by atoms with E-state index in [9.17, 15) is 4.79 Å². The lowest BCUT2D eigenvalue weighted by molar-refractivity contribution is -0.127. The molecule has 0 bridgehead atoms. The number of hydrogen-bond acceptors (Lipinski definition) is 1. The van der Waals surface area contributed by atoms with Gasteiger partial charge in [-0.05, 0) is 49.3 Å². The summed E-state index contributed by atoms with van der Waals surface area (Å²) in [5.41, 5.74) is 6.88. The Morgan fingerprint density at radius 1 is 1.04 bits per heavy atom. The summed E-state index contributed by atoms with van der Waals surface area (Å²) >= 11 is 0. The van der Waals surface area contributed by atoms with Crippen molar-refractivity contribution in [3.63, 3.8) is 0 Å². The third kappa shape index (κ3) is 2.86. The number of nitrogens with one attached hydrogen (secondary N) is 1. The summed E-state index contributed by atoms with van der Waals surface area (Å²) in [7, 11) is 0. The van der Waals surface area contributed by atoms with Crippen molar-refractivity contribution in [2.24, 2.45) is 5.92 Å². The van der Waals surface area contributed by atoms with Crippen LogP contribution in [0.1, 0.15) is 36.8 Å². The second-order valence-corrected chi connectivity index (χ2v) is 7.93. The molecule has 2 heterocycles. The highest BCUT2D eigenvalue weighted by atomic mass is 16.1. The molecular formula is C24H26N2O. The number of rotatable bonds is 4. The number of hydrogen-bond donors (Lipinski definition) is 1. The summed E-state index contributed by atoms with van der Waals surface area (Å²) in [4.78, 5) is 12.2. The molecule has 0 saturated heterocycles. The Morgan fingerprint density at radius 3 is 2.70 bits per heavy atom. The first-order valence-electron chi connectivity index (χ1n) is 10.3. The monoisotopic (exact) mass is 358 g/mol. The molecule has 1 aliphatic heterocycles. The van der Waals surface area contributed by atoms with Gasteiger partial charge in [0.1, 0.15) is 0 Å². The molecule has 1 fully saturated rings. The van der Waals surface area contributed by atoms with Crippen LogP contribution in [0, 0.1) is 5.92 Å². The Morgan fingerprint density at radius 2 is 1.85 bits per heavy atom. The maximum Gasteiger partial charge on any atom is 0.223 e. The topological polar surface area (TPSA) is 34.0 Å². The first-order chi connectivity index (χ1) is 13.3. The molecular weight excluding hydrogens is 332 g/mol. The van der Waals surface area contributed by atoms with Gasteiger partial charge in [0.05, 0.1) is 5.69 Å². The predicted molar refractivity (Wildman–Crippen MR) is 110 cm³/mol. The van der Waals surface area contributed by atoms with Crippen LogP contribution in [0.3, 0.4) is 0 Å². The van der Waals surface area contributed by atoms with E-state index in [2.05, 4.69) is 58.4 Å². The Balaban J connectivity index is 1.54. The third-order valence-corrected chi connectivity index (χ3v) is 6.33. The number of fused-ring (bicyclic) bond motifs is 5. The average molecular weight is 358 g/mol. The van der Waals surface area contributed by atoms with Crippen molar-refractivity contribution in [3.8, 4) is 11.3 Å². The molecule has 0 spiro atoms. The fourth-order valence-corrected chi connectivity index (χ4v) is 4.69. The fraction of sp³-hybridized carbons (Fsp3) is 0.375. The predicted octanol–water partition coefficient (Wildman–Crippen LogP) is 4.71. The lowest BCUT2D eigenvalue weighted by Crippen LogP contribution is -2.35. The molecule has 27 heavy (non-hydrogen) atoms. The quantitative estimate of drug-likeness (QED) is 0.720. The molecule has 1 N–H and O–H groups in total. The lowest BCUT2D eigenvalue weighted by atomic mass is 9.85. The van der Waals surface area contributed by atoms with Crippen molar-refractivity contribution in [1.29, 1.82) is 0 Å². The minimum atomic E-state index is 0.247. The maximum absolute atomic E-state index is 12.2. The van der Waals surface area contributed by atoms with Gasteiger partial charge in [-0.25, -0.2) is 0 Å². The average Bonchev–Trinajstić information content (AvgIpc) is 2.82. The molecule has 1 aliphatic carbocycles. The van der Waals surface area contributed by atoms with Crippen LogP contribution in [0.4, 0.5) is 0 Å². The molecule has 1 amide bonds. The van der Waals surface area contributed by atoms with E-state index in [1.165, 1.54) is 46.1 Å². The van der Waals surface area contributed by atoms with Gasteiger partial charge in [-0.2, -0.15) is 0 Å². The van der Waals surface area contributed by atoms with Gasteiger partial charge < -0.3 is 9.88 Å². The summed E-state index contributed by atoms with van der Waals surface area (Å²) in [5.74, 6) is 0.505. The third-order valence-electron chi connectivity index (χ3n) is 6.33. The molecule has 2 aliphatic rings. The van der Waals surface area contributed by atoms with E-state index in [0.717, 1.165) is 38.8 Å². The van der Waals surface area contributed by atoms with Crippen molar-refractivity contribution >= 4 is 16.8 Å². The summed E-state index contributed by atoms with van der Waals surface area (Å²) in [6.07, 6.45) is 6.50. The SMILES string of the molecule is O=C(NCCc1c2n(c3ccccc13)CCCc1ccccc1-2)C1CCC1. The van der Waals surface area contributed by atoms with Crippen molar-refractivity contribution in [3.05, 3.63) is 59.7 Å². The van der Waals surface area contributed by atoms with E-state index in [1.54, 1.807) is 0 Å². The molecule has 5 rings (SSSR count). The molecule has 1 saturated carbocycles. The van der Waals surface area contributed by atoms with Gasteiger partial charge in [0, 0.05) is 35.5 Å². The van der Waals surface area contributed by atoms with Gasteiger partial charge in [0.2, 0.25) is 5.91 Å². The zero-order valence-electron chi connectivity index (χ0n) is 15.7. The molecule has 0 unspecified atom stereocenters. The number of para-hydroxylation sites is 1. The van der Waals surface area contributed by atoms with Gasteiger partial charge in [-0.1, -0.05) is 48.9 Å². The second-order valence-electron chi connectivity index (χ2n) is 7.93. The second kappa shape index (κ2) is 6.88.